The van der Waals surface area contributed by atoms with Crippen LogP contribution in [0, 0.1) is 0 Å². The number of aromatic nitrogens is 2. The first-order chi connectivity index (χ1) is 8.99. The summed E-state index contributed by atoms with van der Waals surface area (Å²) in [6.45, 7) is 1.93. The van der Waals surface area contributed by atoms with E-state index in [0.29, 0.717) is 20.9 Å². The maximum absolute atomic E-state index is 6.15. The molecule has 0 aliphatic carbocycles. The number of nitrogen functional groups attached to an aromatic ring is 1. The van der Waals surface area contributed by atoms with Crippen molar-refractivity contribution in [2.24, 2.45) is 0 Å². The Bertz CT molecular complexity index is 604. The van der Waals surface area contributed by atoms with Crippen molar-refractivity contribution in [1.29, 1.82) is 0 Å². The molecule has 0 radical (unpaired) electrons. The first-order valence-corrected chi connectivity index (χ1v) is 6.60. The average Bonchev–Trinajstić information content (AvgIpc) is 2.34. The minimum absolute atomic E-state index is 0.100. The Morgan fingerprint density at radius 1 is 1.21 bits per heavy atom. The molecular weight excluding hydrogens is 307 g/mol. The SMILES string of the molecule is CC(Nc1ncnc(N)c1Cl)c1ccc(Cl)cc1Cl. The van der Waals surface area contributed by atoms with Crippen molar-refractivity contribution in [1.82, 2.24) is 9.97 Å². The maximum Gasteiger partial charge on any atom is 0.150 e. The van der Waals surface area contributed by atoms with E-state index in [4.69, 9.17) is 40.5 Å². The van der Waals surface area contributed by atoms with Crippen molar-refractivity contribution >= 4 is 46.4 Å². The van der Waals surface area contributed by atoms with E-state index < -0.39 is 0 Å². The second kappa shape index (κ2) is 5.82. The van der Waals surface area contributed by atoms with E-state index in [1.165, 1.54) is 6.33 Å². The summed E-state index contributed by atoms with van der Waals surface area (Å²) < 4.78 is 0. The lowest BCUT2D eigenvalue weighted by Crippen LogP contribution is -2.10. The summed E-state index contributed by atoms with van der Waals surface area (Å²) in [5.74, 6) is 0.696. The number of rotatable bonds is 3. The number of nitrogens with zero attached hydrogens (tertiary/aromatic N) is 2. The van der Waals surface area contributed by atoms with Gasteiger partial charge in [0.15, 0.2) is 5.82 Å². The molecule has 1 aromatic carbocycles. The molecule has 2 rings (SSSR count). The predicted molar refractivity (Wildman–Crippen MR) is 80.0 cm³/mol. The molecule has 0 aliphatic heterocycles. The zero-order chi connectivity index (χ0) is 14.0. The van der Waals surface area contributed by atoms with Gasteiger partial charge in [-0.05, 0) is 24.6 Å². The van der Waals surface area contributed by atoms with Crippen LogP contribution in [0.5, 0.6) is 0 Å². The van der Waals surface area contributed by atoms with E-state index in [1.807, 2.05) is 13.0 Å². The largest absolute Gasteiger partial charge is 0.382 e. The van der Waals surface area contributed by atoms with Crippen LogP contribution in [0.2, 0.25) is 15.1 Å². The third-order valence-corrected chi connectivity index (χ3v) is 3.53. The number of hydrogen-bond acceptors (Lipinski definition) is 4. The van der Waals surface area contributed by atoms with Gasteiger partial charge in [-0.15, -0.1) is 0 Å². The van der Waals surface area contributed by atoms with Gasteiger partial charge in [0, 0.05) is 10.0 Å². The molecule has 0 saturated carbocycles. The fourth-order valence-electron chi connectivity index (χ4n) is 1.62. The molecule has 0 amide bonds. The topological polar surface area (TPSA) is 63.8 Å². The van der Waals surface area contributed by atoms with Crippen LogP contribution in [0.25, 0.3) is 0 Å². The Morgan fingerprint density at radius 2 is 1.95 bits per heavy atom. The highest BCUT2D eigenvalue weighted by Gasteiger charge is 2.13. The Morgan fingerprint density at radius 3 is 2.63 bits per heavy atom. The molecule has 19 heavy (non-hydrogen) atoms. The number of hydrogen-bond donors (Lipinski definition) is 2. The molecule has 0 saturated heterocycles. The summed E-state index contributed by atoms with van der Waals surface area (Å²) in [4.78, 5) is 7.85. The molecular formula is C12H11Cl3N4. The maximum atomic E-state index is 6.15. The summed E-state index contributed by atoms with van der Waals surface area (Å²) in [5, 5.41) is 4.59. The Labute approximate surface area is 125 Å². The lowest BCUT2D eigenvalue weighted by molar-refractivity contribution is 0.873. The number of halogens is 3. The number of nitrogens with two attached hydrogens (primary N) is 1. The summed E-state index contributed by atoms with van der Waals surface area (Å²) in [7, 11) is 0. The van der Waals surface area contributed by atoms with E-state index in [0.717, 1.165) is 5.56 Å². The van der Waals surface area contributed by atoms with Crippen molar-refractivity contribution in [3.63, 3.8) is 0 Å². The molecule has 1 heterocycles. The molecule has 0 bridgehead atoms. The van der Waals surface area contributed by atoms with E-state index in [-0.39, 0.29) is 11.9 Å². The van der Waals surface area contributed by atoms with Gasteiger partial charge in [0.05, 0.1) is 6.04 Å². The molecule has 0 fully saturated rings. The van der Waals surface area contributed by atoms with E-state index in [2.05, 4.69) is 15.3 Å². The summed E-state index contributed by atoms with van der Waals surface area (Å²) in [6.07, 6.45) is 1.35. The van der Waals surface area contributed by atoms with Gasteiger partial charge in [-0.1, -0.05) is 40.9 Å². The molecule has 2 aromatic rings. The first-order valence-electron chi connectivity index (χ1n) is 5.46. The van der Waals surface area contributed by atoms with Crippen LogP contribution in [0.15, 0.2) is 24.5 Å². The number of anilines is 2. The van der Waals surface area contributed by atoms with E-state index in [9.17, 15) is 0 Å². The van der Waals surface area contributed by atoms with Gasteiger partial charge >= 0.3 is 0 Å². The van der Waals surface area contributed by atoms with Gasteiger partial charge < -0.3 is 11.1 Å². The second-order valence-corrected chi connectivity index (χ2v) is 5.17. The van der Waals surface area contributed by atoms with Crippen LogP contribution >= 0.6 is 34.8 Å². The molecule has 100 valence electrons. The van der Waals surface area contributed by atoms with Crippen LogP contribution in [0.1, 0.15) is 18.5 Å². The minimum Gasteiger partial charge on any atom is -0.382 e. The third-order valence-electron chi connectivity index (χ3n) is 2.60. The second-order valence-electron chi connectivity index (χ2n) is 3.95. The zero-order valence-electron chi connectivity index (χ0n) is 9.99. The highest BCUT2D eigenvalue weighted by atomic mass is 35.5. The minimum atomic E-state index is -0.100. The van der Waals surface area contributed by atoms with Crippen molar-refractivity contribution in [3.05, 3.63) is 45.2 Å². The van der Waals surface area contributed by atoms with Gasteiger partial charge in [-0.2, -0.15) is 0 Å². The lowest BCUT2D eigenvalue weighted by atomic mass is 10.1. The normalized spacial score (nSPS) is 12.2. The van der Waals surface area contributed by atoms with Crippen LogP contribution in [-0.4, -0.2) is 9.97 Å². The lowest BCUT2D eigenvalue weighted by Gasteiger charge is -2.17. The van der Waals surface area contributed by atoms with Crippen molar-refractivity contribution < 1.29 is 0 Å². The molecule has 3 N–H and O–H groups in total. The van der Waals surface area contributed by atoms with Crippen LogP contribution in [-0.2, 0) is 0 Å². The average molecular weight is 318 g/mol. The smallest absolute Gasteiger partial charge is 0.150 e. The van der Waals surface area contributed by atoms with Gasteiger partial charge in [-0.25, -0.2) is 9.97 Å². The molecule has 4 nitrogen and oxygen atoms in total. The zero-order valence-corrected chi connectivity index (χ0v) is 12.3. The van der Waals surface area contributed by atoms with Crippen molar-refractivity contribution in [3.8, 4) is 0 Å². The first kappa shape index (κ1) is 14.2. The Kier molecular flexibility index (Phi) is 4.34. The molecule has 0 aliphatic rings. The molecule has 1 atom stereocenters. The van der Waals surface area contributed by atoms with Gasteiger partial charge in [0.25, 0.3) is 0 Å². The summed E-state index contributed by atoms with van der Waals surface area (Å²) in [5.41, 5.74) is 6.51. The third kappa shape index (κ3) is 3.21. The van der Waals surface area contributed by atoms with Crippen LogP contribution in [0.3, 0.4) is 0 Å². The molecule has 0 spiro atoms. The summed E-state index contributed by atoms with van der Waals surface area (Å²) >= 11 is 18.0. The molecule has 1 aromatic heterocycles. The van der Waals surface area contributed by atoms with E-state index >= 15 is 0 Å². The molecule has 7 heteroatoms. The fourth-order valence-corrected chi connectivity index (χ4v) is 2.34. The highest BCUT2D eigenvalue weighted by molar-refractivity contribution is 6.35. The van der Waals surface area contributed by atoms with Crippen LogP contribution in [0.4, 0.5) is 11.6 Å². The van der Waals surface area contributed by atoms with Crippen molar-refractivity contribution in [2.45, 2.75) is 13.0 Å². The highest BCUT2D eigenvalue weighted by Crippen LogP contribution is 2.31. The molecule has 1 unspecified atom stereocenters. The van der Waals surface area contributed by atoms with Gasteiger partial charge in [0.2, 0.25) is 0 Å². The van der Waals surface area contributed by atoms with Crippen molar-refractivity contribution in [2.75, 3.05) is 11.1 Å². The Hall–Kier alpha value is -1.23. The monoisotopic (exact) mass is 316 g/mol. The van der Waals surface area contributed by atoms with Gasteiger partial charge in [0.1, 0.15) is 17.2 Å². The standard InChI is InChI=1S/C12H11Cl3N4/c1-6(8-3-2-7(13)4-9(8)14)19-12-10(15)11(16)17-5-18-12/h2-6H,1H3,(H3,16,17,18,19). The number of benzene rings is 1. The fraction of sp³-hybridized carbons (Fsp3) is 0.167. The van der Waals surface area contributed by atoms with E-state index in [1.54, 1.807) is 12.1 Å². The predicted octanol–water partition coefficient (Wildman–Crippen LogP) is 4.19. The van der Waals surface area contributed by atoms with Gasteiger partial charge in [-0.3, -0.25) is 0 Å². The Balaban J connectivity index is 2.25. The quantitative estimate of drug-likeness (QED) is 0.891. The van der Waals surface area contributed by atoms with Crippen LogP contribution < -0.4 is 11.1 Å². The number of nitrogens with one attached hydrogen (secondary N) is 1. The summed E-state index contributed by atoms with van der Waals surface area (Å²) in [6, 6.07) is 5.21.